The molecule has 3 heterocycles. The van der Waals surface area contributed by atoms with Gasteiger partial charge in [0, 0.05) is 50.1 Å². The third kappa shape index (κ3) is 3.48. The highest BCUT2D eigenvalue weighted by Crippen LogP contribution is 2.35. The molecular formula is C20H20N6O2. The van der Waals surface area contributed by atoms with Gasteiger partial charge in [-0.15, -0.1) is 0 Å². The summed E-state index contributed by atoms with van der Waals surface area (Å²) in [7, 11) is 1.74. The Kier molecular flexibility index (Phi) is 4.84. The van der Waals surface area contributed by atoms with Crippen LogP contribution in [0.25, 0.3) is 11.4 Å². The summed E-state index contributed by atoms with van der Waals surface area (Å²) >= 11 is 0. The second-order valence-corrected chi connectivity index (χ2v) is 6.66. The van der Waals surface area contributed by atoms with Gasteiger partial charge in [-0.25, -0.2) is 4.98 Å². The number of fused-ring (bicyclic) bond motifs is 1. The lowest BCUT2D eigenvalue weighted by atomic mass is 9.89. The Hall–Kier alpha value is -3.55. The fraction of sp³-hybridized carbons (Fsp3) is 0.250. The highest BCUT2D eigenvalue weighted by atomic mass is 16.2. The quantitative estimate of drug-likeness (QED) is 0.705. The highest BCUT2D eigenvalue weighted by Gasteiger charge is 2.33. The first kappa shape index (κ1) is 17.8. The molecule has 8 heteroatoms. The number of nitrogens with zero attached hydrogens (tertiary/aromatic N) is 4. The Bertz CT molecular complexity index is 1000. The summed E-state index contributed by atoms with van der Waals surface area (Å²) < 4.78 is 0. The number of rotatable bonds is 5. The van der Waals surface area contributed by atoms with Crippen molar-refractivity contribution >= 4 is 17.5 Å². The number of hydrogen-bond donors (Lipinski definition) is 2. The summed E-state index contributed by atoms with van der Waals surface area (Å²) in [5.41, 5.74) is 2.49. The van der Waals surface area contributed by atoms with E-state index in [9.17, 15) is 9.59 Å². The number of hydrogen-bond acceptors (Lipinski definition) is 5. The van der Waals surface area contributed by atoms with Gasteiger partial charge in [0.25, 0.3) is 0 Å². The van der Waals surface area contributed by atoms with Crippen LogP contribution in [-0.4, -0.2) is 45.6 Å². The van der Waals surface area contributed by atoms with Crippen molar-refractivity contribution in [3.8, 4) is 11.4 Å². The standard InChI is InChI=1S/C20H20N6O2/c1-26-16-7-3-2-6-14(16)15(11-18(26)27)20(28)22-10-8-17-23-19(25-24-17)13-5-4-9-21-12-13/h2-7,9,12,15H,8,10-11H2,1H3,(H,22,28)(H,23,24,25). The van der Waals surface area contributed by atoms with Gasteiger partial charge < -0.3 is 10.2 Å². The van der Waals surface area contributed by atoms with Crippen LogP contribution in [0.1, 0.15) is 23.7 Å². The van der Waals surface area contributed by atoms with Gasteiger partial charge in [-0.2, -0.15) is 5.10 Å². The summed E-state index contributed by atoms with van der Waals surface area (Å²) in [5.74, 6) is 0.569. The van der Waals surface area contributed by atoms with Crippen molar-refractivity contribution in [1.82, 2.24) is 25.5 Å². The maximum atomic E-state index is 12.7. The number of benzene rings is 1. The fourth-order valence-corrected chi connectivity index (χ4v) is 3.34. The average Bonchev–Trinajstić information content (AvgIpc) is 3.20. The molecule has 1 aromatic carbocycles. The molecule has 28 heavy (non-hydrogen) atoms. The van der Waals surface area contributed by atoms with Crippen molar-refractivity contribution in [1.29, 1.82) is 0 Å². The number of H-pyrrole nitrogens is 1. The third-order valence-electron chi connectivity index (χ3n) is 4.86. The van der Waals surface area contributed by atoms with Crippen molar-refractivity contribution in [3.05, 3.63) is 60.2 Å². The van der Waals surface area contributed by atoms with Crippen LogP contribution in [0, 0.1) is 0 Å². The van der Waals surface area contributed by atoms with Crippen LogP contribution in [0.15, 0.2) is 48.8 Å². The minimum atomic E-state index is -0.472. The number of nitrogens with one attached hydrogen (secondary N) is 2. The zero-order valence-electron chi connectivity index (χ0n) is 15.4. The molecule has 0 saturated carbocycles. The second kappa shape index (κ2) is 7.59. The molecule has 0 radical (unpaired) electrons. The SMILES string of the molecule is CN1C(=O)CC(C(=O)NCCc2nc(-c3cccnc3)n[nH]2)c2ccccc21. The molecule has 0 fully saturated rings. The van der Waals surface area contributed by atoms with Gasteiger partial charge in [-0.05, 0) is 23.8 Å². The maximum absolute atomic E-state index is 12.7. The third-order valence-corrected chi connectivity index (χ3v) is 4.86. The number of anilines is 1. The Morgan fingerprint density at radius 3 is 2.96 bits per heavy atom. The van der Waals surface area contributed by atoms with E-state index in [1.807, 2.05) is 36.4 Å². The number of amides is 2. The second-order valence-electron chi connectivity index (χ2n) is 6.66. The Morgan fingerprint density at radius 2 is 2.14 bits per heavy atom. The van der Waals surface area contributed by atoms with Crippen LogP contribution in [0.4, 0.5) is 5.69 Å². The molecule has 142 valence electrons. The van der Waals surface area contributed by atoms with Crippen molar-refractivity contribution in [3.63, 3.8) is 0 Å². The predicted octanol–water partition coefficient (Wildman–Crippen LogP) is 1.68. The molecule has 4 rings (SSSR count). The van der Waals surface area contributed by atoms with Gasteiger partial charge in [0.15, 0.2) is 5.82 Å². The molecule has 1 aliphatic heterocycles. The summed E-state index contributed by atoms with van der Waals surface area (Å²) in [6.07, 6.45) is 4.08. The van der Waals surface area contributed by atoms with E-state index in [1.165, 1.54) is 0 Å². The van der Waals surface area contributed by atoms with E-state index < -0.39 is 5.92 Å². The molecule has 0 aliphatic carbocycles. The lowest BCUT2D eigenvalue weighted by molar-refractivity contribution is -0.127. The van der Waals surface area contributed by atoms with Gasteiger partial charge in [0.1, 0.15) is 5.82 Å². The smallest absolute Gasteiger partial charge is 0.228 e. The lowest BCUT2D eigenvalue weighted by Gasteiger charge is -2.30. The molecule has 2 N–H and O–H groups in total. The van der Waals surface area contributed by atoms with E-state index in [0.717, 1.165) is 16.8 Å². The maximum Gasteiger partial charge on any atom is 0.228 e. The first-order chi connectivity index (χ1) is 13.6. The number of aromatic amines is 1. The molecule has 1 unspecified atom stereocenters. The monoisotopic (exact) mass is 376 g/mol. The van der Waals surface area contributed by atoms with Crippen LogP contribution < -0.4 is 10.2 Å². The molecule has 8 nitrogen and oxygen atoms in total. The molecule has 1 aliphatic rings. The topological polar surface area (TPSA) is 104 Å². The van der Waals surface area contributed by atoms with E-state index in [1.54, 1.807) is 24.3 Å². The Balaban J connectivity index is 1.38. The molecule has 2 amide bonds. The molecule has 2 aromatic heterocycles. The number of carbonyl (C=O) groups is 2. The van der Waals surface area contributed by atoms with Gasteiger partial charge >= 0.3 is 0 Å². The minimum absolute atomic E-state index is 0.0600. The summed E-state index contributed by atoms with van der Waals surface area (Å²) in [4.78, 5) is 35.0. The summed E-state index contributed by atoms with van der Waals surface area (Å²) in [6.45, 7) is 0.406. The molecule has 0 bridgehead atoms. The Labute approximate surface area is 162 Å². The minimum Gasteiger partial charge on any atom is -0.355 e. The molecule has 0 saturated heterocycles. The van der Waals surface area contributed by atoms with E-state index >= 15 is 0 Å². The predicted molar refractivity (Wildman–Crippen MR) is 104 cm³/mol. The highest BCUT2D eigenvalue weighted by molar-refractivity contribution is 6.02. The summed E-state index contributed by atoms with van der Waals surface area (Å²) in [6, 6.07) is 11.2. The van der Waals surface area contributed by atoms with E-state index in [4.69, 9.17) is 0 Å². The number of pyridine rings is 1. The van der Waals surface area contributed by atoms with Crippen LogP contribution in [0.2, 0.25) is 0 Å². The Morgan fingerprint density at radius 1 is 1.29 bits per heavy atom. The summed E-state index contributed by atoms with van der Waals surface area (Å²) in [5, 5.41) is 9.98. The zero-order valence-corrected chi connectivity index (χ0v) is 15.4. The van der Waals surface area contributed by atoms with Crippen LogP contribution in [0.3, 0.4) is 0 Å². The van der Waals surface area contributed by atoms with Crippen LogP contribution in [0.5, 0.6) is 0 Å². The van der Waals surface area contributed by atoms with Gasteiger partial charge in [0.05, 0.1) is 5.92 Å². The molecule has 0 spiro atoms. The molecular weight excluding hydrogens is 356 g/mol. The zero-order chi connectivity index (χ0) is 19.5. The first-order valence-corrected chi connectivity index (χ1v) is 9.08. The van der Waals surface area contributed by atoms with Crippen molar-refractivity contribution < 1.29 is 9.59 Å². The lowest BCUT2D eigenvalue weighted by Crippen LogP contribution is -2.39. The van der Waals surface area contributed by atoms with Gasteiger partial charge in [-0.1, -0.05) is 18.2 Å². The number of carbonyl (C=O) groups excluding carboxylic acids is 2. The van der Waals surface area contributed by atoms with Crippen molar-refractivity contribution in [2.75, 3.05) is 18.5 Å². The van der Waals surface area contributed by atoms with Gasteiger partial charge in [-0.3, -0.25) is 19.7 Å². The largest absolute Gasteiger partial charge is 0.355 e. The van der Waals surface area contributed by atoms with Crippen molar-refractivity contribution in [2.24, 2.45) is 0 Å². The molecule has 1 atom stereocenters. The number of aromatic nitrogens is 4. The van der Waals surface area contributed by atoms with Crippen molar-refractivity contribution in [2.45, 2.75) is 18.8 Å². The van der Waals surface area contributed by atoms with E-state index in [0.29, 0.717) is 24.6 Å². The normalized spacial score (nSPS) is 16.0. The fourth-order valence-electron chi connectivity index (χ4n) is 3.34. The number of para-hydroxylation sites is 1. The van der Waals surface area contributed by atoms with Crippen LogP contribution in [-0.2, 0) is 16.0 Å². The average molecular weight is 376 g/mol. The molecule has 3 aromatic rings. The van der Waals surface area contributed by atoms with Gasteiger partial charge in [0.2, 0.25) is 11.8 Å². The van der Waals surface area contributed by atoms with E-state index in [2.05, 4.69) is 25.5 Å². The first-order valence-electron chi connectivity index (χ1n) is 9.08. The van der Waals surface area contributed by atoms with E-state index in [-0.39, 0.29) is 18.2 Å². The van der Waals surface area contributed by atoms with Crippen LogP contribution >= 0.6 is 0 Å².